The van der Waals surface area contributed by atoms with E-state index in [4.69, 9.17) is 0 Å². The van der Waals surface area contributed by atoms with Crippen LogP contribution in [0.15, 0.2) is 0 Å². The molecular formula is C25H44B2. The molecule has 5 fully saturated rings. The van der Waals surface area contributed by atoms with Crippen LogP contribution in [0.2, 0.25) is 28.5 Å². The van der Waals surface area contributed by atoms with Crippen LogP contribution >= 0.6 is 0 Å². The first kappa shape index (κ1) is 19.1. The van der Waals surface area contributed by atoms with Gasteiger partial charge in [0, 0.05) is 0 Å². The maximum atomic E-state index is 2.89. The third kappa shape index (κ3) is 3.59. The van der Waals surface area contributed by atoms with Crippen molar-refractivity contribution in [2.75, 3.05) is 0 Å². The highest BCUT2D eigenvalue weighted by Crippen LogP contribution is 2.64. The van der Waals surface area contributed by atoms with E-state index < -0.39 is 0 Å². The van der Waals surface area contributed by atoms with Gasteiger partial charge < -0.3 is 0 Å². The zero-order valence-electron chi connectivity index (χ0n) is 18.3. The van der Waals surface area contributed by atoms with Crippen LogP contribution in [0.25, 0.3) is 0 Å². The van der Waals surface area contributed by atoms with Crippen LogP contribution < -0.4 is 0 Å². The molecule has 4 aliphatic heterocycles. The Kier molecular flexibility index (Phi) is 5.74. The molecule has 27 heavy (non-hydrogen) atoms. The monoisotopic (exact) mass is 366 g/mol. The number of rotatable bonds is 4. The van der Waals surface area contributed by atoms with Crippen molar-refractivity contribution in [2.24, 2.45) is 5.92 Å². The summed E-state index contributed by atoms with van der Waals surface area (Å²) in [6.45, 7) is 5.10. The van der Waals surface area contributed by atoms with E-state index in [1.54, 1.807) is 96.3 Å². The highest BCUT2D eigenvalue weighted by Gasteiger charge is 2.58. The van der Waals surface area contributed by atoms with Gasteiger partial charge in [0.15, 0.2) is 0 Å². The Morgan fingerprint density at radius 3 is 1.26 bits per heavy atom. The van der Waals surface area contributed by atoms with Gasteiger partial charge in [0.2, 0.25) is 0 Å². The van der Waals surface area contributed by atoms with E-state index in [0.29, 0.717) is 5.21 Å². The van der Waals surface area contributed by atoms with Crippen LogP contribution in [0.4, 0.5) is 0 Å². The largest absolute Gasteiger partial charge is 0.145 e. The summed E-state index contributed by atoms with van der Waals surface area (Å²) in [5, 5.41) is 0.689. The Hall–Kier alpha value is 0.130. The van der Waals surface area contributed by atoms with Crippen molar-refractivity contribution in [3.05, 3.63) is 0 Å². The van der Waals surface area contributed by atoms with Crippen molar-refractivity contribution in [1.29, 1.82) is 0 Å². The lowest BCUT2D eigenvalue weighted by Crippen LogP contribution is -2.56. The van der Waals surface area contributed by atoms with E-state index in [9.17, 15) is 0 Å². The number of hydrogen-bond donors (Lipinski definition) is 0. The van der Waals surface area contributed by atoms with Gasteiger partial charge in [0.05, 0.1) is 0 Å². The van der Waals surface area contributed by atoms with Crippen molar-refractivity contribution >= 4 is 13.4 Å². The Morgan fingerprint density at radius 1 is 0.519 bits per heavy atom. The van der Waals surface area contributed by atoms with E-state index in [1.807, 2.05) is 0 Å². The molecule has 4 saturated heterocycles. The van der Waals surface area contributed by atoms with Crippen LogP contribution in [0.3, 0.4) is 0 Å². The molecule has 2 heteroatoms. The summed E-state index contributed by atoms with van der Waals surface area (Å²) in [6, 6.07) is 0. The van der Waals surface area contributed by atoms with Gasteiger partial charge in [-0.05, 0) is 5.92 Å². The molecule has 4 bridgehead atoms. The van der Waals surface area contributed by atoms with E-state index in [2.05, 4.69) is 6.92 Å². The molecule has 0 N–H and O–H groups in total. The fraction of sp³-hybridized carbons (Fsp3) is 1.00. The summed E-state index contributed by atoms with van der Waals surface area (Å²) >= 11 is 0. The summed E-state index contributed by atoms with van der Waals surface area (Å²) in [4.78, 5) is 0. The molecule has 0 radical (unpaired) electrons. The lowest BCUT2D eigenvalue weighted by atomic mass is 9.01. The first-order valence-electron chi connectivity index (χ1n) is 13.3. The molecule has 4 heterocycles. The summed E-state index contributed by atoms with van der Waals surface area (Å²) in [5.74, 6) is 5.50. The van der Waals surface area contributed by atoms with Gasteiger partial charge in [-0.15, -0.1) is 0 Å². The predicted molar refractivity (Wildman–Crippen MR) is 121 cm³/mol. The van der Waals surface area contributed by atoms with Crippen molar-refractivity contribution in [1.82, 2.24) is 0 Å². The second-order valence-corrected chi connectivity index (χ2v) is 12.0. The van der Waals surface area contributed by atoms with Gasteiger partial charge in [-0.25, -0.2) is 0 Å². The number of hydrogen-bond acceptors (Lipinski definition) is 0. The van der Waals surface area contributed by atoms with E-state index in [0.717, 1.165) is 42.6 Å². The molecule has 0 aromatic rings. The zero-order chi connectivity index (χ0) is 18.3. The minimum Gasteiger partial charge on any atom is -0.0727 e. The molecule has 0 aromatic carbocycles. The molecule has 1 saturated carbocycles. The average Bonchev–Trinajstić information content (AvgIpc) is 2.67. The van der Waals surface area contributed by atoms with E-state index >= 15 is 0 Å². The fourth-order valence-corrected chi connectivity index (χ4v) is 10.0. The second-order valence-electron chi connectivity index (χ2n) is 12.0. The normalized spacial score (nSPS) is 39.9. The predicted octanol–water partition coefficient (Wildman–Crippen LogP) is 8.46. The Bertz CT molecular complexity index is 421. The van der Waals surface area contributed by atoms with Crippen molar-refractivity contribution < 1.29 is 0 Å². The Balaban J connectivity index is 1.48. The molecule has 5 aliphatic rings. The van der Waals surface area contributed by atoms with Gasteiger partial charge in [0.25, 0.3) is 0 Å². The first-order valence-corrected chi connectivity index (χ1v) is 13.3. The highest BCUT2D eigenvalue weighted by molar-refractivity contribution is 6.85. The lowest BCUT2D eigenvalue weighted by molar-refractivity contribution is 0.310. The molecular weight excluding hydrogens is 322 g/mol. The number of fused-ring (bicyclic) bond motifs is 4. The third-order valence-electron chi connectivity index (χ3n) is 10.6. The molecule has 0 nitrogen and oxygen atoms in total. The minimum absolute atomic E-state index is 0.689. The van der Waals surface area contributed by atoms with Crippen molar-refractivity contribution in [3.63, 3.8) is 0 Å². The summed E-state index contributed by atoms with van der Waals surface area (Å²) < 4.78 is 0. The fourth-order valence-electron chi connectivity index (χ4n) is 10.0. The smallest absolute Gasteiger partial charge is 0.0727 e. The molecule has 1 aliphatic carbocycles. The van der Waals surface area contributed by atoms with Gasteiger partial charge >= 0.3 is 0 Å². The van der Waals surface area contributed by atoms with Crippen LogP contribution in [-0.4, -0.2) is 13.4 Å². The van der Waals surface area contributed by atoms with Crippen LogP contribution in [0.1, 0.15) is 122 Å². The summed E-state index contributed by atoms with van der Waals surface area (Å²) in [6.07, 6.45) is 28.3. The highest BCUT2D eigenvalue weighted by atomic mass is 14.4. The van der Waals surface area contributed by atoms with E-state index in [1.165, 1.54) is 19.3 Å². The van der Waals surface area contributed by atoms with Gasteiger partial charge in [0.1, 0.15) is 13.4 Å². The average molecular weight is 366 g/mol. The molecule has 0 spiro atoms. The molecule has 0 unspecified atom stereocenters. The quantitative estimate of drug-likeness (QED) is 0.438. The third-order valence-corrected chi connectivity index (χ3v) is 10.6. The summed E-state index contributed by atoms with van der Waals surface area (Å²) in [7, 11) is 0. The van der Waals surface area contributed by atoms with Gasteiger partial charge in [-0.1, -0.05) is 151 Å². The molecule has 0 aromatic heterocycles. The van der Waals surface area contributed by atoms with Crippen molar-refractivity contribution in [2.45, 2.75) is 151 Å². The van der Waals surface area contributed by atoms with Gasteiger partial charge in [-0.2, -0.15) is 0 Å². The van der Waals surface area contributed by atoms with Gasteiger partial charge in [-0.3, -0.25) is 0 Å². The molecule has 0 amide bonds. The maximum Gasteiger partial charge on any atom is 0.145 e. The standard InChI is InChI=1S/C25H44B2/c1-25(19-20-9-3-2-4-10-20,26-21-11-5-12-22(26)14-6-13-21)27-23-15-7-16-24(27)18-8-17-23/h20-24H,2-19H2,1H3. The second kappa shape index (κ2) is 8.10. The Labute approximate surface area is 170 Å². The molecule has 0 atom stereocenters. The molecule has 5 rings (SSSR count). The van der Waals surface area contributed by atoms with Crippen LogP contribution in [0.5, 0.6) is 0 Å². The summed E-state index contributed by atoms with van der Waals surface area (Å²) in [5.41, 5.74) is 0. The zero-order valence-corrected chi connectivity index (χ0v) is 18.3. The van der Waals surface area contributed by atoms with Crippen molar-refractivity contribution in [3.8, 4) is 0 Å². The minimum atomic E-state index is 0.689. The van der Waals surface area contributed by atoms with Crippen LogP contribution in [-0.2, 0) is 0 Å². The maximum absolute atomic E-state index is 2.89. The van der Waals surface area contributed by atoms with Crippen LogP contribution in [0, 0.1) is 5.92 Å². The molecule has 150 valence electrons. The first-order chi connectivity index (χ1) is 13.3. The van der Waals surface area contributed by atoms with E-state index in [-0.39, 0.29) is 0 Å². The topological polar surface area (TPSA) is 0 Å². The lowest BCUT2D eigenvalue weighted by Gasteiger charge is -2.58. The Morgan fingerprint density at radius 2 is 0.889 bits per heavy atom. The SMILES string of the molecule is CC(CC1CCCCC1)(B1C2CCCC1CCC2)B1C2CCCC1CCC2.